The molecule has 0 bridgehead atoms. The summed E-state index contributed by atoms with van der Waals surface area (Å²) in [5, 5.41) is 16.2. The average Bonchev–Trinajstić information content (AvgIpc) is 2.60. The number of alkyl halides is 3. The fourth-order valence-electron chi connectivity index (χ4n) is 2.92. The molecular formula is C16H21F3N4O3. The van der Waals surface area contributed by atoms with Gasteiger partial charge in [-0.05, 0) is 25.3 Å². The van der Waals surface area contributed by atoms with Gasteiger partial charge in [0.15, 0.2) is 0 Å². The number of nitro benzene ring substituents is 1. The maximum atomic E-state index is 12.4. The van der Waals surface area contributed by atoms with Crippen LogP contribution in [0.5, 0.6) is 0 Å². The molecule has 1 aliphatic rings. The van der Waals surface area contributed by atoms with Crippen LogP contribution in [0.3, 0.4) is 0 Å². The predicted octanol–water partition coefficient (Wildman–Crippen LogP) is 3.31. The van der Waals surface area contributed by atoms with Gasteiger partial charge in [-0.3, -0.25) is 14.9 Å². The molecule has 1 amide bonds. The first kappa shape index (κ1) is 19.8. The number of rotatable bonds is 6. The smallest absolute Gasteiger partial charge is 0.383 e. The molecule has 26 heavy (non-hydrogen) atoms. The molecule has 0 atom stereocenters. The van der Waals surface area contributed by atoms with Gasteiger partial charge in [-0.25, -0.2) is 0 Å². The fraction of sp³-hybridized carbons (Fsp3) is 0.562. The molecule has 2 rings (SSSR count). The van der Waals surface area contributed by atoms with Crippen LogP contribution in [0.1, 0.15) is 36.0 Å². The molecule has 1 aromatic carbocycles. The summed E-state index contributed by atoms with van der Waals surface area (Å²) in [6.07, 6.45) is -2.66. The third kappa shape index (κ3) is 4.99. The van der Waals surface area contributed by atoms with Crippen LogP contribution < -0.4 is 15.5 Å². The molecule has 1 fully saturated rings. The minimum Gasteiger partial charge on any atom is -0.383 e. The Labute approximate surface area is 148 Å². The Balaban J connectivity index is 2.35. The van der Waals surface area contributed by atoms with Gasteiger partial charge in [-0.2, -0.15) is 13.2 Å². The molecule has 0 radical (unpaired) electrons. The minimum absolute atomic E-state index is 0.0137. The van der Waals surface area contributed by atoms with Crippen LogP contribution in [0.25, 0.3) is 0 Å². The summed E-state index contributed by atoms with van der Waals surface area (Å²) in [5.41, 5.74) is 0.459. The molecule has 2 N–H and O–H groups in total. The van der Waals surface area contributed by atoms with E-state index in [4.69, 9.17) is 0 Å². The zero-order chi connectivity index (χ0) is 19.3. The molecule has 1 saturated heterocycles. The Morgan fingerprint density at radius 2 is 1.92 bits per heavy atom. The number of carbonyl (C=O) groups is 1. The van der Waals surface area contributed by atoms with Crippen LogP contribution in [0.2, 0.25) is 0 Å². The Kier molecular flexibility index (Phi) is 6.27. The highest BCUT2D eigenvalue weighted by Gasteiger charge is 2.28. The van der Waals surface area contributed by atoms with Crippen molar-refractivity contribution in [1.82, 2.24) is 5.32 Å². The van der Waals surface area contributed by atoms with Crippen LogP contribution >= 0.6 is 0 Å². The van der Waals surface area contributed by atoms with Crippen molar-refractivity contribution in [3.63, 3.8) is 0 Å². The van der Waals surface area contributed by atoms with E-state index in [0.717, 1.165) is 25.3 Å². The highest BCUT2D eigenvalue weighted by molar-refractivity contribution is 6.02. The zero-order valence-corrected chi connectivity index (χ0v) is 14.4. The summed E-state index contributed by atoms with van der Waals surface area (Å²) in [6.45, 7) is 0.789. The van der Waals surface area contributed by atoms with E-state index < -0.39 is 30.0 Å². The first-order valence-corrected chi connectivity index (χ1v) is 8.33. The lowest BCUT2D eigenvalue weighted by Crippen LogP contribution is -2.33. The Morgan fingerprint density at radius 3 is 2.46 bits per heavy atom. The maximum Gasteiger partial charge on any atom is 0.390 e. The van der Waals surface area contributed by atoms with Crippen molar-refractivity contribution in [3.8, 4) is 0 Å². The highest BCUT2D eigenvalue weighted by atomic mass is 19.4. The van der Waals surface area contributed by atoms with Crippen molar-refractivity contribution < 1.29 is 22.9 Å². The quantitative estimate of drug-likeness (QED) is 0.589. The van der Waals surface area contributed by atoms with Gasteiger partial charge in [-0.15, -0.1) is 0 Å². The predicted molar refractivity (Wildman–Crippen MR) is 91.7 cm³/mol. The molecule has 0 unspecified atom stereocenters. The largest absolute Gasteiger partial charge is 0.390 e. The van der Waals surface area contributed by atoms with Crippen LogP contribution in [0.15, 0.2) is 12.1 Å². The molecule has 10 heteroatoms. The van der Waals surface area contributed by atoms with Crippen molar-refractivity contribution in [1.29, 1.82) is 0 Å². The van der Waals surface area contributed by atoms with Crippen molar-refractivity contribution in [2.75, 3.05) is 36.9 Å². The monoisotopic (exact) mass is 374 g/mol. The first-order valence-electron chi connectivity index (χ1n) is 8.33. The Bertz CT molecular complexity index is 673. The Hall–Kier alpha value is -2.52. The van der Waals surface area contributed by atoms with Gasteiger partial charge in [0.2, 0.25) is 0 Å². The third-order valence-electron chi connectivity index (χ3n) is 4.22. The normalized spacial score (nSPS) is 14.8. The van der Waals surface area contributed by atoms with Gasteiger partial charge in [0.1, 0.15) is 5.69 Å². The van der Waals surface area contributed by atoms with Crippen LogP contribution in [0.4, 0.5) is 30.2 Å². The lowest BCUT2D eigenvalue weighted by atomic mass is 10.0. The van der Waals surface area contributed by atoms with Gasteiger partial charge in [0.25, 0.3) is 11.6 Å². The molecule has 0 aliphatic carbocycles. The number of anilines is 2. The summed E-state index contributed by atoms with van der Waals surface area (Å²) in [6, 6.07) is 2.64. The molecule has 1 aromatic rings. The summed E-state index contributed by atoms with van der Waals surface area (Å²) in [7, 11) is 1.53. The van der Waals surface area contributed by atoms with E-state index in [2.05, 4.69) is 10.6 Å². The van der Waals surface area contributed by atoms with Crippen LogP contribution in [-0.4, -0.2) is 43.7 Å². The SMILES string of the molecule is CNc1cc(N2CCCCC2)c(C(=O)NCCC(F)(F)F)cc1[N+](=O)[O-]. The summed E-state index contributed by atoms with van der Waals surface area (Å²) in [4.78, 5) is 25.0. The highest BCUT2D eigenvalue weighted by Crippen LogP contribution is 2.34. The van der Waals surface area contributed by atoms with Crippen LogP contribution in [-0.2, 0) is 0 Å². The van der Waals surface area contributed by atoms with E-state index in [9.17, 15) is 28.1 Å². The van der Waals surface area contributed by atoms with Crippen molar-refractivity contribution >= 4 is 23.0 Å². The van der Waals surface area contributed by atoms with E-state index in [0.29, 0.717) is 18.8 Å². The van der Waals surface area contributed by atoms with E-state index in [1.54, 1.807) is 0 Å². The number of piperidine rings is 1. The van der Waals surface area contributed by atoms with Crippen molar-refractivity contribution in [3.05, 3.63) is 27.8 Å². The number of benzene rings is 1. The lowest BCUT2D eigenvalue weighted by Gasteiger charge is -2.30. The lowest BCUT2D eigenvalue weighted by molar-refractivity contribution is -0.383. The standard InChI is InChI=1S/C16H21F3N4O3/c1-20-12-10-13(22-7-3-2-4-8-22)11(9-14(12)23(25)26)15(24)21-6-5-16(17,18)19/h9-10,20H,2-8H2,1H3,(H,21,24). The van der Waals surface area contributed by atoms with E-state index >= 15 is 0 Å². The van der Waals surface area contributed by atoms with Gasteiger partial charge >= 0.3 is 6.18 Å². The number of halogens is 3. The van der Waals surface area contributed by atoms with Gasteiger partial charge < -0.3 is 15.5 Å². The zero-order valence-electron chi connectivity index (χ0n) is 14.4. The van der Waals surface area contributed by atoms with E-state index in [-0.39, 0.29) is 16.9 Å². The molecule has 0 saturated carbocycles. The van der Waals surface area contributed by atoms with E-state index in [1.807, 2.05) is 4.90 Å². The molecule has 1 heterocycles. The van der Waals surface area contributed by atoms with Crippen LogP contribution in [0, 0.1) is 10.1 Å². The number of amides is 1. The molecule has 144 valence electrons. The molecule has 7 nitrogen and oxygen atoms in total. The molecule has 0 aromatic heterocycles. The first-order chi connectivity index (χ1) is 12.2. The second-order valence-corrected chi connectivity index (χ2v) is 6.06. The number of nitrogens with zero attached hydrogens (tertiary/aromatic N) is 2. The fourth-order valence-corrected chi connectivity index (χ4v) is 2.92. The molecular weight excluding hydrogens is 353 g/mol. The number of hydrogen-bond acceptors (Lipinski definition) is 5. The summed E-state index contributed by atoms with van der Waals surface area (Å²) >= 11 is 0. The molecule has 1 aliphatic heterocycles. The second-order valence-electron chi connectivity index (χ2n) is 6.06. The topological polar surface area (TPSA) is 87.5 Å². The average molecular weight is 374 g/mol. The van der Waals surface area contributed by atoms with Gasteiger partial charge in [-0.1, -0.05) is 0 Å². The summed E-state index contributed by atoms with van der Waals surface area (Å²) < 4.78 is 36.9. The number of hydrogen-bond donors (Lipinski definition) is 2. The van der Waals surface area contributed by atoms with Crippen molar-refractivity contribution in [2.45, 2.75) is 31.9 Å². The Morgan fingerprint density at radius 1 is 1.27 bits per heavy atom. The van der Waals surface area contributed by atoms with Crippen molar-refractivity contribution in [2.24, 2.45) is 0 Å². The van der Waals surface area contributed by atoms with E-state index in [1.165, 1.54) is 13.1 Å². The maximum absolute atomic E-state index is 12.4. The minimum atomic E-state index is -4.38. The summed E-state index contributed by atoms with van der Waals surface area (Å²) in [5.74, 6) is -0.749. The van der Waals surface area contributed by atoms with Gasteiger partial charge in [0.05, 0.1) is 22.6 Å². The third-order valence-corrected chi connectivity index (χ3v) is 4.22. The second kappa shape index (κ2) is 8.24. The molecule has 0 spiro atoms. The van der Waals surface area contributed by atoms with Gasteiger partial charge in [0, 0.05) is 32.7 Å². The number of carbonyl (C=O) groups excluding carboxylic acids is 1. The number of nitrogens with one attached hydrogen (secondary N) is 2. The number of nitro groups is 1.